The number of H-pyrrole nitrogens is 1. The Morgan fingerprint density at radius 3 is 2.40 bits per heavy atom. The molecule has 9 heteroatoms. The largest absolute Gasteiger partial charge is 0.390 e. The smallest absolute Gasteiger partial charge is 0.155 e. The maximum absolute atomic E-state index is 14.0. The van der Waals surface area contributed by atoms with Gasteiger partial charge >= 0.3 is 0 Å². The number of aromatic nitrogens is 2. The Morgan fingerprint density at radius 2 is 1.79 bits per heavy atom. The average molecular weight is 618 g/mol. The Balaban J connectivity index is 1.80. The second-order valence-corrected chi connectivity index (χ2v) is 16.5. The van der Waals surface area contributed by atoms with Crippen LogP contribution in [0.3, 0.4) is 0 Å². The molecular weight excluding hydrogens is 562 g/mol. The van der Waals surface area contributed by atoms with Crippen LogP contribution in [0.4, 0.5) is 0 Å². The summed E-state index contributed by atoms with van der Waals surface area (Å²) in [5.41, 5.74) is 1.84. The van der Waals surface area contributed by atoms with Gasteiger partial charge in [-0.05, 0) is 70.4 Å². The number of Topliss-reactive ketones (excluding diaryl/α,β-unsaturated/α-hetero) is 1. The zero-order valence-electron chi connectivity index (χ0n) is 26.7. The van der Waals surface area contributed by atoms with Crippen molar-refractivity contribution >= 4 is 15.6 Å². The van der Waals surface area contributed by atoms with E-state index in [2.05, 4.69) is 15.3 Å². The van der Waals surface area contributed by atoms with Crippen molar-refractivity contribution in [2.75, 3.05) is 12.3 Å². The van der Waals surface area contributed by atoms with Crippen molar-refractivity contribution in [1.29, 1.82) is 0 Å². The summed E-state index contributed by atoms with van der Waals surface area (Å²) in [7, 11) is -3.53. The Bertz CT molecular complexity index is 1170. The third-order valence-corrected chi connectivity index (χ3v) is 11.8. The zero-order valence-corrected chi connectivity index (χ0v) is 27.5. The molecule has 1 saturated carbocycles. The molecule has 1 aromatic carbocycles. The summed E-state index contributed by atoms with van der Waals surface area (Å²) in [5, 5.41) is 25.5. The van der Waals surface area contributed by atoms with E-state index >= 15 is 0 Å². The van der Waals surface area contributed by atoms with Gasteiger partial charge in [-0.15, -0.1) is 0 Å². The third kappa shape index (κ3) is 11.4. The predicted octanol–water partition coefficient (Wildman–Crippen LogP) is 5.05. The van der Waals surface area contributed by atoms with Crippen LogP contribution < -0.4 is 5.32 Å². The number of hydrogen-bond donors (Lipinski definition) is 4. The molecule has 0 radical (unpaired) electrons. The number of nitrogens with one attached hydrogen (secondary N) is 2. The van der Waals surface area contributed by atoms with E-state index in [9.17, 15) is 23.4 Å². The molecule has 0 amide bonds. The molecular formula is C34H55N3O5S. The van der Waals surface area contributed by atoms with E-state index in [4.69, 9.17) is 0 Å². The monoisotopic (exact) mass is 617 g/mol. The number of carbonyl (C=O) groups excluding carboxylic acids is 1. The van der Waals surface area contributed by atoms with E-state index in [0.29, 0.717) is 31.7 Å². The molecule has 1 heterocycles. The number of ketones is 1. The second-order valence-electron chi connectivity index (χ2n) is 13.7. The number of benzene rings is 1. The summed E-state index contributed by atoms with van der Waals surface area (Å²) in [6, 6.07) is 9.31. The molecule has 1 aromatic heterocycles. The number of imidazole rings is 1. The summed E-state index contributed by atoms with van der Waals surface area (Å²) in [4.78, 5) is 21.3. The lowest BCUT2D eigenvalue weighted by atomic mass is 9.82. The van der Waals surface area contributed by atoms with Gasteiger partial charge in [-0.3, -0.25) is 4.79 Å². The Morgan fingerprint density at radius 1 is 1.09 bits per heavy atom. The van der Waals surface area contributed by atoms with E-state index in [1.165, 1.54) is 19.3 Å². The molecule has 0 saturated heterocycles. The molecule has 5 atom stereocenters. The number of hydrogen-bond acceptors (Lipinski definition) is 7. The van der Waals surface area contributed by atoms with Crippen LogP contribution in [0.1, 0.15) is 96.7 Å². The minimum Gasteiger partial charge on any atom is -0.390 e. The number of rotatable bonds is 18. The molecule has 4 N–H and O–H groups in total. The molecule has 8 nitrogen and oxygen atoms in total. The van der Waals surface area contributed by atoms with Gasteiger partial charge in [0.25, 0.3) is 0 Å². The summed E-state index contributed by atoms with van der Waals surface area (Å²) < 4.78 is 25.6. The molecule has 1 aliphatic rings. The molecule has 43 heavy (non-hydrogen) atoms. The first kappa shape index (κ1) is 35.4. The summed E-state index contributed by atoms with van der Waals surface area (Å²) in [5.74, 6) is -0.571. The topological polar surface area (TPSA) is 132 Å². The van der Waals surface area contributed by atoms with Crippen LogP contribution >= 0.6 is 0 Å². The quantitative estimate of drug-likeness (QED) is 0.184. The summed E-state index contributed by atoms with van der Waals surface area (Å²) in [6.45, 7) is 7.51. The highest BCUT2D eigenvalue weighted by Crippen LogP contribution is 2.29. The van der Waals surface area contributed by atoms with E-state index in [1.54, 1.807) is 33.3 Å². The van der Waals surface area contributed by atoms with Gasteiger partial charge in [0.1, 0.15) is 5.78 Å². The fraction of sp³-hybridized carbons (Fsp3) is 0.706. The van der Waals surface area contributed by atoms with Crippen LogP contribution in [0.5, 0.6) is 0 Å². The van der Waals surface area contributed by atoms with Crippen molar-refractivity contribution in [1.82, 2.24) is 15.3 Å². The molecule has 3 rings (SSSR count). The van der Waals surface area contributed by atoms with Crippen LogP contribution in [0.2, 0.25) is 0 Å². The van der Waals surface area contributed by atoms with Crippen molar-refractivity contribution in [3.8, 4) is 0 Å². The molecule has 0 unspecified atom stereocenters. The maximum Gasteiger partial charge on any atom is 0.155 e. The first-order chi connectivity index (χ1) is 20.4. The predicted molar refractivity (Wildman–Crippen MR) is 172 cm³/mol. The molecule has 0 aliphatic heterocycles. The molecule has 0 bridgehead atoms. The lowest BCUT2D eigenvalue weighted by Crippen LogP contribution is -2.49. The van der Waals surface area contributed by atoms with Gasteiger partial charge in [0.15, 0.2) is 9.84 Å². The highest BCUT2D eigenvalue weighted by molar-refractivity contribution is 7.92. The lowest BCUT2D eigenvalue weighted by molar-refractivity contribution is -0.123. The standard InChI is InChI=1S/C34H55N3O5S/c1-5-12-31(38)33(40)30(19-26-15-10-7-11-16-26)36-21-27(18-29-22-35-24-37-29)20-32(39)28(17-25-13-8-6-9-14-25)23-43(41,42)34(2,3)4/h6,8-9,13-14,22,24,26-28,30-31,33,36,38,40H,5,7,10-12,15-21,23H2,1-4H3,(H,35,37)/t27-,28-,30+,31+,33-/m1/s1. The number of carbonyl (C=O) groups is 1. The normalized spacial score (nSPS) is 18.6. The third-order valence-electron chi connectivity index (χ3n) is 9.06. The minimum absolute atomic E-state index is 0.0709. The van der Waals surface area contributed by atoms with E-state index in [1.807, 2.05) is 37.3 Å². The second kappa shape index (κ2) is 16.8. The van der Waals surface area contributed by atoms with Gasteiger partial charge in [-0.1, -0.05) is 75.8 Å². The average Bonchev–Trinajstić information content (AvgIpc) is 3.48. The number of aromatic amines is 1. The molecule has 2 aromatic rings. The van der Waals surface area contributed by atoms with E-state index in [-0.39, 0.29) is 29.9 Å². The highest BCUT2D eigenvalue weighted by atomic mass is 32.2. The van der Waals surface area contributed by atoms with Gasteiger partial charge in [0, 0.05) is 30.3 Å². The molecule has 0 spiro atoms. The summed E-state index contributed by atoms with van der Waals surface area (Å²) >= 11 is 0. The molecule has 1 fully saturated rings. The fourth-order valence-electron chi connectivity index (χ4n) is 6.23. The van der Waals surface area contributed by atoms with Crippen LogP contribution in [-0.2, 0) is 27.5 Å². The number of sulfone groups is 1. The SMILES string of the molecule is CCC[C@H](O)[C@H](O)[C@H](CC1CCCCC1)NC[C@@H](CC(=O)[C@H](Cc1ccccc1)CS(=O)(=O)C(C)(C)C)Cc1cnc[nH]1. The van der Waals surface area contributed by atoms with Crippen LogP contribution in [0, 0.1) is 17.8 Å². The maximum atomic E-state index is 14.0. The Kier molecular flexibility index (Phi) is 13.9. The van der Waals surface area contributed by atoms with E-state index < -0.39 is 32.7 Å². The van der Waals surface area contributed by atoms with Crippen molar-refractivity contribution in [2.45, 2.75) is 121 Å². The number of nitrogens with zero attached hydrogens (tertiary/aromatic N) is 1. The van der Waals surface area contributed by atoms with E-state index in [0.717, 1.165) is 36.9 Å². The Hall–Kier alpha value is -2.07. The minimum atomic E-state index is -3.53. The first-order valence-electron chi connectivity index (χ1n) is 16.2. The van der Waals surface area contributed by atoms with Crippen molar-refractivity contribution < 1.29 is 23.4 Å². The Labute approximate surface area is 259 Å². The first-order valence-corrected chi connectivity index (χ1v) is 17.9. The number of aliphatic hydroxyl groups is 2. The van der Waals surface area contributed by atoms with Crippen molar-refractivity contribution in [3.63, 3.8) is 0 Å². The lowest BCUT2D eigenvalue weighted by Gasteiger charge is -2.33. The van der Waals surface area contributed by atoms with Crippen molar-refractivity contribution in [3.05, 3.63) is 54.1 Å². The van der Waals surface area contributed by atoms with Gasteiger partial charge in [0.05, 0.1) is 29.0 Å². The van der Waals surface area contributed by atoms with Gasteiger partial charge in [-0.2, -0.15) is 0 Å². The zero-order chi connectivity index (χ0) is 31.5. The van der Waals surface area contributed by atoms with Gasteiger partial charge in [0.2, 0.25) is 0 Å². The highest BCUT2D eigenvalue weighted by Gasteiger charge is 2.35. The molecule has 242 valence electrons. The molecule has 1 aliphatic carbocycles. The van der Waals surface area contributed by atoms with Crippen molar-refractivity contribution in [2.24, 2.45) is 17.8 Å². The number of aliphatic hydroxyl groups excluding tert-OH is 2. The van der Waals surface area contributed by atoms with Crippen LogP contribution in [0.25, 0.3) is 0 Å². The van der Waals surface area contributed by atoms with Crippen LogP contribution in [0.15, 0.2) is 42.9 Å². The van der Waals surface area contributed by atoms with Crippen LogP contribution in [-0.4, -0.2) is 69.7 Å². The van der Waals surface area contributed by atoms with Gasteiger partial charge < -0.3 is 20.5 Å². The summed E-state index contributed by atoms with van der Waals surface area (Å²) in [6.07, 6.45) is 10.8. The fourth-order valence-corrected chi connectivity index (χ4v) is 7.57. The van der Waals surface area contributed by atoms with Gasteiger partial charge in [-0.25, -0.2) is 13.4 Å².